The molecule has 1 rings (SSSR count). The highest BCUT2D eigenvalue weighted by atomic mass is 35.5. The summed E-state index contributed by atoms with van der Waals surface area (Å²) >= 11 is 5.90. The van der Waals surface area contributed by atoms with E-state index in [1.807, 2.05) is 18.8 Å². The Labute approximate surface area is 85.2 Å². The van der Waals surface area contributed by atoms with Crippen LogP contribution in [0.3, 0.4) is 0 Å². The molecule has 74 valence electrons. The molecule has 1 aliphatic rings. The highest BCUT2D eigenvalue weighted by Crippen LogP contribution is 2.52. The molecule has 13 heavy (non-hydrogen) atoms. The molecule has 0 aliphatic carbocycles. The summed E-state index contributed by atoms with van der Waals surface area (Å²) in [7, 11) is -2.05. The fourth-order valence-corrected chi connectivity index (χ4v) is 4.37. The largest absolute Gasteiger partial charge is 0.319 e. The second-order valence-corrected chi connectivity index (χ2v) is 6.96. The van der Waals surface area contributed by atoms with E-state index in [1.165, 1.54) is 0 Å². The van der Waals surface area contributed by atoms with E-state index in [1.54, 1.807) is 0 Å². The predicted molar refractivity (Wildman–Crippen MR) is 59.9 cm³/mol. The maximum atomic E-state index is 12.2. The molecule has 0 saturated heterocycles. The quantitative estimate of drug-likeness (QED) is 0.650. The molecule has 1 aliphatic heterocycles. The molecule has 0 fully saturated rings. The van der Waals surface area contributed by atoms with Gasteiger partial charge in [-0.1, -0.05) is 31.0 Å². The lowest BCUT2D eigenvalue weighted by molar-refractivity contribution is 0.580. The van der Waals surface area contributed by atoms with Crippen LogP contribution in [-0.4, -0.2) is 12.3 Å². The first kappa shape index (κ1) is 11.1. The van der Waals surface area contributed by atoms with Gasteiger partial charge in [-0.15, -0.1) is 0 Å². The van der Waals surface area contributed by atoms with Crippen molar-refractivity contribution in [2.24, 2.45) is 0 Å². The van der Waals surface area contributed by atoms with Gasteiger partial charge >= 0.3 is 0 Å². The molecule has 1 atom stereocenters. The van der Waals surface area contributed by atoms with Gasteiger partial charge in [0.05, 0.1) is 0 Å². The van der Waals surface area contributed by atoms with Gasteiger partial charge < -0.3 is 4.57 Å². The van der Waals surface area contributed by atoms with Crippen LogP contribution >= 0.6 is 18.7 Å². The van der Waals surface area contributed by atoms with E-state index in [0.717, 1.165) is 29.6 Å². The SMILES string of the molecule is CCCCP1(=O)C=C(C)C(Cl)=CC1. The molecule has 0 aromatic rings. The fourth-order valence-electron chi connectivity index (χ4n) is 1.44. The number of rotatable bonds is 3. The summed E-state index contributed by atoms with van der Waals surface area (Å²) < 4.78 is 12.2. The summed E-state index contributed by atoms with van der Waals surface area (Å²) in [6.45, 7) is 4.05. The summed E-state index contributed by atoms with van der Waals surface area (Å²) in [5, 5.41) is 0.767. The van der Waals surface area contributed by atoms with E-state index < -0.39 is 7.14 Å². The van der Waals surface area contributed by atoms with Crippen LogP contribution in [0.15, 0.2) is 22.5 Å². The van der Waals surface area contributed by atoms with Crippen molar-refractivity contribution in [3.63, 3.8) is 0 Å². The molecule has 0 bridgehead atoms. The van der Waals surface area contributed by atoms with Gasteiger partial charge in [0.25, 0.3) is 0 Å². The Balaban J connectivity index is 2.70. The summed E-state index contributed by atoms with van der Waals surface area (Å²) in [5.41, 5.74) is 0.979. The van der Waals surface area contributed by atoms with E-state index in [2.05, 4.69) is 6.92 Å². The maximum Gasteiger partial charge on any atom is 0.112 e. The van der Waals surface area contributed by atoms with Crippen molar-refractivity contribution in [3.05, 3.63) is 22.5 Å². The Bertz CT molecular complexity index is 291. The molecule has 1 unspecified atom stereocenters. The number of halogens is 1. The lowest BCUT2D eigenvalue weighted by Gasteiger charge is -2.17. The molecule has 1 nitrogen and oxygen atoms in total. The second kappa shape index (κ2) is 4.48. The molecule has 0 spiro atoms. The van der Waals surface area contributed by atoms with Gasteiger partial charge in [0.15, 0.2) is 0 Å². The minimum atomic E-state index is -2.05. The van der Waals surface area contributed by atoms with Gasteiger partial charge in [0.1, 0.15) is 7.14 Å². The Morgan fingerprint density at radius 1 is 1.62 bits per heavy atom. The van der Waals surface area contributed by atoms with Gasteiger partial charge in [-0.2, -0.15) is 0 Å². The van der Waals surface area contributed by atoms with E-state index >= 15 is 0 Å². The zero-order valence-electron chi connectivity index (χ0n) is 8.22. The molecule has 0 radical (unpaired) electrons. The van der Waals surface area contributed by atoms with E-state index in [4.69, 9.17) is 11.6 Å². The van der Waals surface area contributed by atoms with Crippen LogP contribution in [-0.2, 0) is 4.57 Å². The molecular weight excluding hydrogens is 203 g/mol. The summed E-state index contributed by atoms with van der Waals surface area (Å²) in [4.78, 5) is 0. The van der Waals surface area contributed by atoms with Crippen LogP contribution in [0.1, 0.15) is 26.7 Å². The molecule has 1 heterocycles. The zero-order valence-corrected chi connectivity index (χ0v) is 9.87. The average molecular weight is 219 g/mol. The minimum absolute atomic E-state index is 0.656. The third-order valence-corrected chi connectivity index (χ3v) is 5.46. The third-order valence-electron chi connectivity index (χ3n) is 2.28. The number of hydrogen-bond donors (Lipinski definition) is 0. The van der Waals surface area contributed by atoms with Crippen LogP contribution < -0.4 is 0 Å². The summed E-state index contributed by atoms with van der Waals surface area (Å²) in [6.07, 6.45) is 5.54. The summed E-state index contributed by atoms with van der Waals surface area (Å²) in [5.74, 6) is 1.89. The number of allylic oxidation sites excluding steroid dienone is 3. The van der Waals surface area contributed by atoms with Crippen LogP contribution in [0.5, 0.6) is 0 Å². The standard InChI is InChI=1S/C10H16ClOP/c1-3-4-6-13(12)7-5-10(11)9(2)8-13/h5,8H,3-4,6-7H2,1-2H3. The van der Waals surface area contributed by atoms with Crippen molar-refractivity contribution in [1.82, 2.24) is 0 Å². The van der Waals surface area contributed by atoms with Gasteiger partial charge in [0, 0.05) is 17.4 Å². The van der Waals surface area contributed by atoms with Crippen LogP contribution in [0.4, 0.5) is 0 Å². The van der Waals surface area contributed by atoms with Gasteiger partial charge in [-0.25, -0.2) is 0 Å². The van der Waals surface area contributed by atoms with Crippen molar-refractivity contribution in [3.8, 4) is 0 Å². The summed E-state index contributed by atoms with van der Waals surface area (Å²) in [6, 6.07) is 0. The number of hydrogen-bond acceptors (Lipinski definition) is 1. The van der Waals surface area contributed by atoms with E-state index in [9.17, 15) is 4.57 Å². The highest BCUT2D eigenvalue weighted by molar-refractivity contribution is 7.67. The van der Waals surface area contributed by atoms with Gasteiger partial charge in [-0.05, 0) is 24.7 Å². The van der Waals surface area contributed by atoms with Crippen molar-refractivity contribution < 1.29 is 4.57 Å². The first-order chi connectivity index (χ1) is 6.07. The average Bonchev–Trinajstić information content (AvgIpc) is 2.09. The lowest BCUT2D eigenvalue weighted by atomic mass is 10.3. The first-order valence-corrected chi connectivity index (χ1v) is 7.23. The van der Waals surface area contributed by atoms with Crippen LogP contribution in [0.2, 0.25) is 0 Å². The minimum Gasteiger partial charge on any atom is -0.319 e. The Kier molecular flexibility index (Phi) is 3.82. The van der Waals surface area contributed by atoms with E-state index in [-0.39, 0.29) is 0 Å². The molecule has 0 amide bonds. The predicted octanol–water partition coefficient (Wildman–Crippen LogP) is 4.19. The monoisotopic (exact) mass is 218 g/mol. The lowest BCUT2D eigenvalue weighted by Crippen LogP contribution is -1.97. The fraction of sp³-hybridized carbons (Fsp3) is 0.600. The van der Waals surface area contributed by atoms with Crippen molar-refractivity contribution in [1.29, 1.82) is 0 Å². The maximum absolute atomic E-state index is 12.2. The van der Waals surface area contributed by atoms with Crippen molar-refractivity contribution in [2.75, 3.05) is 12.3 Å². The molecule has 3 heteroatoms. The number of unbranched alkanes of at least 4 members (excludes halogenated alkanes) is 1. The molecular formula is C10H16ClOP. The molecule has 0 N–H and O–H groups in total. The van der Waals surface area contributed by atoms with Crippen LogP contribution in [0.25, 0.3) is 0 Å². The Morgan fingerprint density at radius 2 is 2.31 bits per heavy atom. The Hall–Kier alpha value is -0.0000000000000000555. The van der Waals surface area contributed by atoms with Gasteiger partial charge in [-0.3, -0.25) is 0 Å². The highest BCUT2D eigenvalue weighted by Gasteiger charge is 2.21. The van der Waals surface area contributed by atoms with Crippen molar-refractivity contribution in [2.45, 2.75) is 26.7 Å². The third kappa shape index (κ3) is 3.00. The van der Waals surface area contributed by atoms with Crippen LogP contribution in [0, 0.1) is 0 Å². The molecule has 0 saturated carbocycles. The molecule has 0 aromatic carbocycles. The second-order valence-electron chi connectivity index (χ2n) is 3.58. The topological polar surface area (TPSA) is 17.1 Å². The zero-order chi connectivity index (χ0) is 9.90. The molecule has 0 aromatic heterocycles. The first-order valence-electron chi connectivity index (χ1n) is 4.70. The smallest absolute Gasteiger partial charge is 0.112 e. The van der Waals surface area contributed by atoms with Crippen molar-refractivity contribution >= 4 is 18.7 Å². The Morgan fingerprint density at radius 3 is 2.85 bits per heavy atom. The normalized spacial score (nSPS) is 28.2. The van der Waals surface area contributed by atoms with E-state index in [0.29, 0.717) is 6.16 Å². The van der Waals surface area contributed by atoms with Gasteiger partial charge in [0.2, 0.25) is 0 Å².